The van der Waals surface area contributed by atoms with Crippen molar-refractivity contribution >= 4 is 0 Å². The lowest BCUT2D eigenvalue weighted by molar-refractivity contribution is 0.491. The van der Waals surface area contributed by atoms with E-state index in [0.717, 1.165) is 18.1 Å². The summed E-state index contributed by atoms with van der Waals surface area (Å²) >= 11 is 0. The molecule has 0 saturated carbocycles. The highest BCUT2D eigenvalue weighted by Gasteiger charge is 2.15. The molecule has 2 heteroatoms. The maximum absolute atomic E-state index is 5.57. The summed E-state index contributed by atoms with van der Waals surface area (Å²) < 4.78 is 5.57. The van der Waals surface area contributed by atoms with Crippen LogP contribution in [0, 0.1) is 20.8 Å². The highest BCUT2D eigenvalue weighted by atomic mass is 16.3. The molecule has 1 atom stereocenters. The molecule has 1 N–H and O–H groups in total. The zero-order valence-electron chi connectivity index (χ0n) is 9.19. The van der Waals surface area contributed by atoms with E-state index < -0.39 is 0 Å². The average molecular weight is 181 g/mol. The highest BCUT2D eigenvalue weighted by molar-refractivity contribution is 5.33. The van der Waals surface area contributed by atoms with Crippen LogP contribution in [0.4, 0.5) is 0 Å². The summed E-state index contributed by atoms with van der Waals surface area (Å²) in [5.74, 6) is 2.08. The number of hydrogen-bond acceptors (Lipinski definition) is 2. The van der Waals surface area contributed by atoms with E-state index in [9.17, 15) is 0 Å². The minimum absolute atomic E-state index is 0.391. The first-order chi connectivity index (χ1) is 6.07. The molecule has 1 aromatic heterocycles. The Bertz CT molecular complexity index is 289. The largest absolute Gasteiger partial charge is 0.466 e. The van der Waals surface area contributed by atoms with Gasteiger partial charge in [-0.15, -0.1) is 0 Å². The third-order valence-corrected chi connectivity index (χ3v) is 2.56. The van der Waals surface area contributed by atoms with E-state index in [4.69, 9.17) is 4.42 Å². The predicted molar refractivity (Wildman–Crippen MR) is 55.0 cm³/mol. The number of nitrogens with one attached hydrogen (secondary N) is 1. The minimum atomic E-state index is 0.391. The Hall–Kier alpha value is -0.760. The molecule has 0 amide bonds. The highest BCUT2D eigenvalue weighted by Crippen LogP contribution is 2.26. The summed E-state index contributed by atoms with van der Waals surface area (Å²) in [4.78, 5) is 0. The molecule has 1 unspecified atom stereocenters. The zero-order valence-corrected chi connectivity index (χ0v) is 9.19. The number of rotatable bonds is 3. The molecule has 2 nitrogen and oxygen atoms in total. The Morgan fingerprint density at radius 3 is 2.23 bits per heavy atom. The van der Waals surface area contributed by atoms with Crippen LogP contribution in [0.25, 0.3) is 0 Å². The van der Waals surface area contributed by atoms with E-state index in [0.29, 0.717) is 6.04 Å². The van der Waals surface area contributed by atoms with Gasteiger partial charge in [0.2, 0.25) is 0 Å². The van der Waals surface area contributed by atoms with Crippen LogP contribution >= 0.6 is 0 Å². The van der Waals surface area contributed by atoms with Gasteiger partial charge in [0.25, 0.3) is 0 Å². The van der Waals surface area contributed by atoms with Gasteiger partial charge in [0, 0.05) is 11.6 Å². The van der Waals surface area contributed by atoms with Gasteiger partial charge in [0.15, 0.2) is 0 Å². The van der Waals surface area contributed by atoms with Gasteiger partial charge in [-0.05, 0) is 39.8 Å². The van der Waals surface area contributed by atoms with Crippen LogP contribution in [0.1, 0.15) is 42.5 Å². The molecule has 1 aromatic rings. The molecule has 1 heterocycles. The fourth-order valence-corrected chi connectivity index (χ4v) is 1.85. The molecule has 0 fully saturated rings. The van der Waals surface area contributed by atoms with E-state index in [2.05, 4.69) is 26.1 Å². The smallest absolute Gasteiger partial charge is 0.106 e. The van der Waals surface area contributed by atoms with Gasteiger partial charge in [-0.2, -0.15) is 0 Å². The summed E-state index contributed by atoms with van der Waals surface area (Å²) in [6.07, 6.45) is 0. The first-order valence-electron chi connectivity index (χ1n) is 4.87. The van der Waals surface area contributed by atoms with Gasteiger partial charge in [-0.1, -0.05) is 6.92 Å². The molecule has 13 heavy (non-hydrogen) atoms. The normalized spacial score (nSPS) is 13.3. The average Bonchev–Trinajstić information content (AvgIpc) is 2.27. The van der Waals surface area contributed by atoms with Gasteiger partial charge < -0.3 is 9.73 Å². The lowest BCUT2D eigenvalue weighted by atomic mass is 10.0. The van der Waals surface area contributed by atoms with E-state index >= 15 is 0 Å². The molecule has 0 aliphatic carbocycles. The van der Waals surface area contributed by atoms with Gasteiger partial charge >= 0.3 is 0 Å². The maximum Gasteiger partial charge on any atom is 0.106 e. The third-order valence-electron chi connectivity index (χ3n) is 2.56. The molecular weight excluding hydrogens is 162 g/mol. The van der Waals surface area contributed by atoms with Crippen molar-refractivity contribution in [2.24, 2.45) is 0 Å². The molecule has 0 bridgehead atoms. The lowest BCUT2D eigenvalue weighted by Gasteiger charge is -2.12. The van der Waals surface area contributed by atoms with Crippen molar-refractivity contribution in [1.29, 1.82) is 0 Å². The van der Waals surface area contributed by atoms with Crippen molar-refractivity contribution in [3.05, 3.63) is 22.6 Å². The Morgan fingerprint density at radius 2 is 1.85 bits per heavy atom. The molecule has 0 aliphatic heterocycles. The molecule has 74 valence electrons. The fraction of sp³-hybridized carbons (Fsp3) is 0.636. The van der Waals surface area contributed by atoms with Crippen molar-refractivity contribution in [2.75, 3.05) is 6.54 Å². The number of hydrogen-bond donors (Lipinski definition) is 1. The fourth-order valence-electron chi connectivity index (χ4n) is 1.85. The summed E-state index contributed by atoms with van der Waals surface area (Å²) in [5.41, 5.74) is 2.60. The van der Waals surface area contributed by atoms with Crippen LogP contribution in [-0.4, -0.2) is 6.54 Å². The summed E-state index contributed by atoms with van der Waals surface area (Å²) in [7, 11) is 0. The molecule has 0 aliphatic rings. The van der Waals surface area contributed by atoms with E-state index in [1.54, 1.807) is 0 Å². The molecule has 0 saturated heterocycles. The van der Waals surface area contributed by atoms with Crippen LogP contribution in [0.5, 0.6) is 0 Å². The van der Waals surface area contributed by atoms with E-state index in [-0.39, 0.29) is 0 Å². The van der Waals surface area contributed by atoms with Crippen LogP contribution in [-0.2, 0) is 0 Å². The van der Waals surface area contributed by atoms with Gasteiger partial charge in [0.05, 0.1) is 0 Å². The van der Waals surface area contributed by atoms with Crippen molar-refractivity contribution in [3.63, 3.8) is 0 Å². The van der Waals surface area contributed by atoms with Crippen molar-refractivity contribution in [2.45, 2.75) is 40.7 Å². The van der Waals surface area contributed by atoms with E-state index in [1.165, 1.54) is 11.1 Å². The first-order valence-corrected chi connectivity index (χ1v) is 4.87. The molecule has 0 radical (unpaired) electrons. The Morgan fingerprint density at radius 1 is 1.23 bits per heavy atom. The van der Waals surface area contributed by atoms with Crippen molar-refractivity contribution < 1.29 is 4.42 Å². The Labute approximate surface area is 80.3 Å². The summed E-state index contributed by atoms with van der Waals surface area (Å²) in [6.45, 7) is 11.5. The van der Waals surface area contributed by atoms with Crippen LogP contribution in [0.3, 0.4) is 0 Å². The standard InChI is InChI=1S/C11H19NO/c1-6-12-8(3)11-7(2)9(4)13-10(11)5/h8,12H,6H2,1-5H3. The number of furan rings is 1. The molecule has 0 spiro atoms. The second-order valence-corrected chi connectivity index (χ2v) is 3.53. The molecule has 1 rings (SSSR count). The van der Waals surface area contributed by atoms with Crippen LogP contribution in [0.2, 0.25) is 0 Å². The summed E-state index contributed by atoms with van der Waals surface area (Å²) in [5, 5.41) is 3.40. The van der Waals surface area contributed by atoms with Crippen molar-refractivity contribution in [3.8, 4) is 0 Å². The van der Waals surface area contributed by atoms with E-state index in [1.807, 2.05) is 13.8 Å². The van der Waals surface area contributed by atoms with Gasteiger partial charge in [0.1, 0.15) is 11.5 Å². The van der Waals surface area contributed by atoms with Gasteiger partial charge in [-0.3, -0.25) is 0 Å². The van der Waals surface area contributed by atoms with Crippen LogP contribution < -0.4 is 5.32 Å². The van der Waals surface area contributed by atoms with Crippen molar-refractivity contribution in [1.82, 2.24) is 5.32 Å². The Balaban J connectivity index is 2.98. The molecular formula is C11H19NO. The first kappa shape index (κ1) is 10.3. The second kappa shape index (κ2) is 3.97. The minimum Gasteiger partial charge on any atom is -0.466 e. The predicted octanol–water partition coefficient (Wildman–Crippen LogP) is 2.88. The van der Waals surface area contributed by atoms with Crippen LogP contribution in [0.15, 0.2) is 4.42 Å². The summed E-state index contributed by atoms with van der Waals surface area (Å²) in [6, 6.07) is 0.391. The maximum atomic E-state index is 5.57. The number of aryl methyl sites for hydroxylation is 2. The zero-order chi connectivity index (χ0) is 10.0. The van der Waals surface area contributed by atoms with Gasteiger partial charge in [-0.25, -0.2) is 0 Å². The third kappa shape index (κ3) is 1.94. The SMILES string of the molecule is CCNC(C)c1c(C)oc(C)c1C. The lowest BCUT2D eigenvalue weighted by Crippen LogP contribution is -2.18. The second-order valence-electron chi connectivity index (χ2n) is 3.53. The Kier molecular flexibility index (Phi) is 3.15. The quantitative estimate of drug-likeness (QED) is 0.775. The topological polar surface area (TPSA) is 25.2 Å². The monoisotopic (exact) mass is 181 g/mol. The molecule has 0 aromatic carbocycles.